The Hall–Kier alpha value is -2.25. The number of carbonyl (C=O) groups is 2. The molecule has 2 N–H and O–H groups in total. The summed E-state index contributed by atoms with van der Waals surface area (Å²) in [4.78, 5) is 28.1. The Bertz CT molecular complexity index is 670. The van der Waals surface area contributed by atoms with Crippen LogP contribution in [-0.2, 0) is 4.74 Å². The van der Waals surface area contributed by atoms with Gasteiger partial charge < -0.3 is 10.1 Å². The lowest BCUT2D eigenvalue weighted by Gasteiger charge is -2.04. The van der Waals surface area contributed by atoms with Crippen molar-refractivity contribution in [3.63, 3.8) is 0 Å². The van der Waals surface area contributed by atoms with E-state index in [-0.39, 0.29) is 17.5 Å². The summed E-state index contributed by atoms with van der Waals surface area (Å²) in [5.41, 5.74) is 1.75. The number of methoxy groups -OCH3 is 1. The van der Waals surface area contributed by atoms with Gasteiger partial charge in [-0.25, -0.2) is 4.98 Å². The Kier molecular flexibility index (Phi) is 5.62. The third-order valence-electron chi connectivity index (χ3n) is 2.94. The predicted molar refractivity (Wildman–Crippen MR) is 85.5 cm³/mol. The molecule has 0 saturated heterocycles. The van der Waals surface area contributed by atoms with Crippen LogP contribution in [0.5, 0.6) is 0 Å². The van der Waals surface area contributed by atoms with Crippen LogP contribution >= 0.6 is 11.3 Å². The molecule has 1 heterocycles. The molecule has 7 heteroatoms. The van der Waals surface area contributed by atoms with Crippen molar-refractivity contribution in [3.05, 3.63) is 46.5 Å². The summed E-state index contributed by atoms with van der Waals surface area (Å²) in [5, 5.41) is 7.38. The highest BCUT2D eigenvalue weighted by atomic mass is 32.1. The standard InChI is InChI=1S/C15H17N3O3S/c1-10-5-3-4-6-11(10)13(19)18-15-17-12(9-22-15)14(20)16-7-8-21-2/h3-6,9H,7-8H2,1-2H3,(H,16,20)(H,17,18,19). The van der Waals surface area contributed by atoms with Crippen molar-refractivity contribution in [3.8, 4) is 0 Å². The first kappa shape index (κ1) is 16.1. The molecular weight excluding hydrogens is 302 g/mol. The van der Waals surface area contributed by atoms with Gasteiger partial charge in [0.2, 0.25) is 0 Å². The van der Waals surface area contributed by atoms with Crippen LogP contribution in [0.1, 0.15) is 26.4 Å². The van der Waals surface area contributed by atoms with E-state index >= 15 is 0 Å². The van der Waals surface area contributed by atoms with Crippen LogP contribution < -0.4 is 10.6 Å². The van der Waals surface area contributed by atoms with E-state index in [2.05, 4.69) is 15.6 Å². The Morgan fingerprint density at radius 3 is 2.77 bits per heavy atom. The first-order valence-corrected chi connectivity index (χ1v) is 7.59. The Labute approximate surface area is 132 Å². The van der Waals surface area contributed by atoms with Crippen molar-refractivity contribution in [1.82, 2.24) is 10.3 Å². The lowest BCUT2D eigenvalue weighted by Crippen LogP contribution is -2.27. The number of ether oxygens (including phenoxy) is 1. The smallest absolute Gasteiger partial charge is 0.270 e. The number of aromatic nitrogens is 1. The van der Waals surface area contributed by atoms with Crippen LogP contribution in [0.4, 0.5) is 5.13 Å². The van der Waals surface area contributed by atoms with E-state index in [9.17, 15) is 9.59 Å². The molecule has 1 aromatic heterocycles. The number of carbonyl (C=O) groups excluding carboxylic acids is 2. The average molecular weight is 319 g/mol. The summed E-state index contributed by atoms with van der Waals surface area (Å²) in [7, 11) is 1.56. The van der Waals surface area contributed by atoms with Crippen molar-refractivity contribution in [1.29, 1.82) is 0 Å². The summed E-state index contributed by atoms with van der Waals surface area (Å²) in [6.07, 6.45) is 0. The summed E-state index contributed by atoms with van der Waals surface area (Å²) >= 11 is 1.21. The van der Waals surface area contributed by atoms with Crippen molar-refractivity contribution in [2.75, 3.05) is 25.6 Å². The second kappa shape index (κ2) is 7.67. The summed E-state index contributed by atoms with van der Waals surface area (Å²) in [6, 6.07) is 7.29. The molecule has 2 aromatic rings. The van der Waals surface area contributed by atoms with E-state index in [1.54, 1.807) is 24.6 Å². The fourth-order valence-corrected chi connectivity index (χ4v) is 2.47. The number of rotatable bonds is 6. The van der Waals surface area contributed by atoms with Gasteiger partial charge in [-0.05, 0) is 18.6 Å². The zero-order valence-electron chi connectivity index (χ0n) is 12.4. The van der Waals surface area contributed by atoms with E-state index < -0.39 is 0 Å². The molecule has 0 spiro atoms. The quantitative estimate of drug-likeness (QED) is 0.799. The molecule has 0 radical (unpaired) electrons. The number of nitrogens with zero attached hydrogens (tertiary/aromatic N) is 1. The van der Waals surface area contributed by atoms with Gasteiger partial charge in [-0.15, -0.1) is 11.3 Å². The van der Waals surface area contributed by atoms with Crippen LogP contribution in [0.3, 0.4) is 0 Å². The van der Waals surface area contributed by atoms with Gasteiger partial charge in [0.15, 0.2) is 5.13 Å². The number of hydrogen-bond acceptors (Lipinski definition) is 5. The zero-order chi connectivity index (χ0) is 15.9. The van der Waals surface area contributed by atoms with E-state index in [1.807, 2.05) is 19.1 Å². The van der Waals surface area contributed by atoms with Crippen molar-refractivity contribution in [2.24, 2.45) is 0 Å². The van der Waals surface area contributed by atoms with Crippen LogP contribution in [0.25, 0.3) is 0 Å². The molecule has 0 aliphatic heterocycles. The topological polar surface area (TPSA) is 80.3 Å². The largest absolute Gasteiger partial charge is 0.383 e. The van der Waals surface area contributed by atoms with E-state index in [0.717, 1.165) is 5.56 Å². The minimum atomic E-state index is -0.287. The highest BCUT2D eigenvalue weighted by molar-refractivity contribution is 7.14. The van der Waals surface area contributed by atoms with Gasteiger partial charge in [0.25, 0.3) is 11.8 Å². The molecule has 0 aliphatic carbocycles. The summed E-state index contributed by atoms with van der Waals surface area (Å²) in [6.45, 7) is 2.72. The summed E-state index contributed by atoms with van der Waals surface area (Å²) < 4.78 is 4.86. The van der Waals surface area contributed by atoms with E-state index in [4.69, 9.17) is 4.74 Å². The van der Waals surface area contributed by atoms with Gasteiger partial charge >= 0.3 is 0 Å². The Balaban J connectivity index is 1.99. The van der Waals surface area contributed by atoms with Crippen LogP contribution in [0.15, 0.2) is 29.6 Å². The molecule has 116 valence electrons. The van der Waals surface area contributed by atoms with E-state index in [1.165, 1.54) is 11.3 Å². The first-order valence-electron chi connectivity index (χ1n) is 6.71. The Morgan fingerprint density at radius 1 is 1.27 bits per heavy atom. The maximum atomic E-state index is 12.2. The molecule has 2 rings (SSSR count). The zero-order valence-corrected chi connectivity index (χ0v) is 13.2. The molecule has 0 bridgehead atoms. The normalized spacial score (nSPS) is 10.3. The van der Waals surface area contributed by atoms with E-state index in [0.29, 0.717) is 23.8 Å². The third kappa shape index (κ3) is 4.12. The lowest BCUT2D eigenvalue weighted by molar-refractivity contribution is 0.0931. The molecule has 0 saturated carbocycles. The minimum absolute atomic E-state index is 0.237. The number of amides is 2. The highest BCUT2D eigenvalue weighted by Gasteiger charge is 2.13. The second-order valence-electron chi connectivity index (χ2n) is 4.56. The SMILES string of the molecule is COCCNC(=O)c1csc(NC(=O)c2ccccc2C)n1. The number of anilines is 1. The fraction of sp³-hybridized carbons (Fsp3) is 0.267. The van der Waals surface area contributed by atoms with Crippen molar-refractivity contribution < 1.29 is 14.3 Å². The van der Waals surface area contributed by atoms with Gasteiger partial charge in [0.1, 0.15) is 5.69 Å². The Morgan fingerprint density at radius 2 is 2.05 bits per heavy atom. The molecular formula is C15H17N3O3S. The number of aryl methyl sites for hydroxylation is 1. The molecule has 1 aromatic carbocycles. The molecule has 2 amide bonds. The second-order valence-corrected chi connectivity index (χ2v) is 5.41. The van der Waals surface area contributed by atoms with Crippen LogP contribution in [-0.4, -0.2) is 37.1 Å². The molecule has 0 aliphatic rings. The van der Waals surface area contributed by atoms with Gasteiger partial charge in [-0.3, -0.25) is 14.9 Å². The van der Waals surface area contributed by atoms with Crippen molar-refractivity contribution in [2.45, 2.75) is 6.92 Å². The van der Waals surface area contributed by atoms with Crippen molar-refractivity contribution >= 4 is 28.3 Å². The average Bonchev–Trinajstić information content (AvgIpc) is 2.96. The molecule has 22 heavy (non-hydrogen) atoms. The highest BCUT2D eigenvalue weighted by Crippen LogP contribution is 2.17. The minimum Gasteiger partial charge on any atom is -0.383 e. The van der Waals surface area contributed by atoms with Gasteiger partial charge in [-0.2, -0.15) is 0 Å². The van der Waals surface area contributed by atoms with Gasteiger partial charge in [0, 0.05) is 24.6 Å². The fourth-order valence-electron chi connectivity index (χ4n) is 1.78. The predicted octanol–water partition coefficient (Wildman–Crippen LogP) is 2.08. The van der Waals surface area contributed by atoms with Gasteiger partial charge in [0.05, 0.1) is 6.61 Å². The molecule has 6 nitrogen and oxygen atoms in total. The van der Waals surface area contributed by atoms with Gasteiger partial charge in [-0.1, -0.05) is 18.2 Å². The first-order chi connectivity index (χ1) is 10.6. The molecule has 0 fully saturated rings. The number of benzene rings is 1. The monoisotopic (exact) mass is 319 g/mol. The maximum Gasteiger partial charge on any atom is 0.270 e. The lowest BCUT2D eigenvalue weighted by atomic mass is 10.1. The number of hydrogen-bond donors (Lipinski definition) is 2. The van der Waals surface area contributed by atoms with Crippen LogP contribution in [0, 0.1) is 6.92 Å². The third-order valence-corrected chi connectivity index (χ3v) is 3.70. The van der Waals surface area contributed by atoms with Crippen LogP contribution in [0.2, 0.25) is 0 Å². The number of nitrogens with one attached hydrogen (secondary N) is 2. The number of thiazole rings is 1. The molecule has 0 unspecified atom stereocenters. The maximum absolute atomic E-state index is 12.2. The summed E-state index contributed by atoms with van der Waals surface area (Å²) in [5.74, 6) is -0.525. The molecule has 0 atom stereocenters.